The first-order valence-electron chi connectivity index (χ1n) is 6.22. The maximum Gasteiger partial charge on any atom is 0.225 e. The summed E-state index contributed by atoms with van der Waals surface area (Å²) in [6.45, 7) is 10.7. The Morgan fingerprint density at radius 3 is 2.89 bits per heavy atom. The first-order valence-corrected chi connectivity index (χ1v) is 6.22. The van der Waals surface area contributed by atoms with Gasteiger partial charge in [0, 0.05) is 37.1 Å². The molecule has 0 radical (unpaired) electrons. The van der Waals surface area contributed by atoms with Crippen LogP contribution in [-0.4, -0.2) is 41.3 Å². The molecule has 0 saturated carbocycles. The van der Waals surface area contributed by atoms with Crippen LogP contribution in [-0.2, 0) is 6.54 Å². The lowest BCUT2D eigenvalue weighted by Gasteiger charge is -2.20. The highest BCUT2D eigenvalue weighted by Crippen LogP contribution is 2.11. The van der Waals surface area contributed by atoms with Crippen LogP contribution in [0.3, 0.4) is 0 Å². The van der Waals surface area contributed by atoms with Gasteiger partial charge < -0.3 is 15.3 Å². The average Bonchev–Trinajstić information content (AvgIpc) is 2.37. The molecular formula is C13H22N4O. The molecule has 1 aromatic rings. The molecule has 0 aliphatic rings. The van der Waals surface area contributed by atoms with Crippen molar-refractivity contribution in [2.45, 2.75) is 20.4 Å². The van der Waals surface area contributed by atoms with Crippen LogP contribution < -0.4 is 10.2 Å². The Bertz CT molecular complexity index is 381. The molecule has 1 rings (SSSR count). The molecule has 1 aromatic heterocycles. The molecule has 5 heteroatoms. The van der Waals surface area contributed by atoms with Gasteiger partial charge in [0.15, 0.2) is 0 Å². The van der Waals surface area contributed by atoms with E-state index in [1.165, 1.54) is 0 Å². The number of rotatable bonds is 8. The minimum atomic E-state index is 0.0788. The molecule has 0 bridgehead atoms. The standard InChI is InChI=1S/C13H22N4O/c1-4-6-17(7-8-18)13-15-10-12(9-14-5-2)11(3)16-13/h4,10,14,18H,1,5-9H2,2-3H3. The Balaban J connectivity index is 2.83. The van der Waals surface area contributed by atoms with E-state index in [1.807, 2.05) is 18.0 Å². The third kappa shape index (κ3) is 4.09. The van der Waals surface area contributed by atoms with E-state index < -0.39 is 0 Å². The highest BCUT2D eigenvalue weighted by atomic mass is 16.3. The predicted molar refractivity (Wildman–Crippen MR) is 73.6 cm³/mol. The summed E-state index contributed by atoms with van der Waals surface area (Å²) in [6.07, 6.45) is 3.62. The van der Waals surface area contributed by atoms with Crippen molar-refractivity contribution in [3.05, 3.63) is 30.1 Å². The van der Waals surface area contributed by atoms with E-state index in [2.05, 4.69) is 28.8 Å². The van der Waals surface area contributed by atoms with Crippen LogP contribution in [0.15, 0.2) is 18.9 Å². The van der Waals surface area contributed by atoms with Crippen LogP contribution in [0.5, 0.6) is 0 Å². The first-order chi connectivity index (χ1) is 8.72. The SMILES string of the molecule is C=CCN(CCO)c1ncc(CNCC)c(C)n1. The van der Waals surface area contributed by atoms with Crippen LogP contribution in [0.4, 0.5) is 5.95 Å². The first kappa shape index (κ1) is 14.6. The summed E-state index contributed by atoms with van der Waals surface area (Å²) in [5.74, 6) is 0.640. The Labute approximate surface area is 109 Å². The monoisotopic (exact) mass is 250 g/mol. The Hall–Kier alpha value is -1.46. The highest BCUT2D eigenvalue weighted by molar-refractivity contribution is 5.33. The molecule has 0 aliphatic carbocycles. The van der Waals surface area contributed by atoms with Crippen molar-refractivity contribution in [1.29, 1.82) is 0 Å². The van der Waals surface area contributed by atoms with E-state index in [9.17, 15) is 0 Å². The number of aliphatic hydroxyl groups excluding tert-OH is 1. The Kier molecular flexibility index (Phi) is 6.32. The topological polar surface area (TPSA) is 61.3 Å². The van der Waals surface area contributed by atoms with Gasteiger partial charge in [-0.15, -0.1) is 6.58 Å². The fraction of sp³-hybridized carbons (Fsp3) is 0.538. The largest absolute Gasteiger partial charge is 0.395 e. The van der Waals surface area contributed by atoms with Gasteiger partial charge in [-0.3, -0.25) is 0 Å². The number of aromatic nitrogens is 2. The van der Waals surface area contributed by atoms with Gasteiger partial charge in [-0.05, 0) is 13.5 Å². The van der Waals surface area contributed by atoms with Crippen molar-refractivity contribution in [1.82, 2.24) is 15.3 Å². The summed E-state index contributed by atoms with van der Waals surface area (Å²) in [5, 5.41) is 12.3. The van der Waals surface area contributed by atoms with Crippen molar-refractivity contribution in [2.75, 3.05) is 31.1 Å². The lowest BCUT2D eigenvalue weighted by Crippen LogP contribution is -2.29. The molecule has 0 aliphatic heterocycles. The van der Waals surface area contributed by atoms with Crippen LogP contribution in [0, 0.1) is 6.92 Å². The zero-order valence-corrected chi connectivity index (χ0v) is 11.2. The molecule has 1 heterocycles. The van der Waals surface area contributed by atoms with Gasteiger partial charge in [-0.2, -0.15) is 0 Å². The van der Waals surface area contributed by atoms with Crippen LogP contribution >= 0.6 is 0 Å². The molecular weight excluding hydrogens is 228 g/mol. The number of anilines is 1. The second-order valence-electron chi connectivity index (χ2n) is 4.02. The van der Waals surface area contributed by atoms with Crippen LogP contribution in [0.25, 0.3) is 0 Å². The van der Waals surface area contributed by atoms with Crippen LogP contribution in [0.1, 0.15) is 18.2 Å². The highest BCUT2D eigenvalue weighted by Gasteiger charge is 2.09. The van der Waals surface area contributed by atoms with Gasteiger partial charge in [-0.1, -0.05) is 13.0 Å². The lowest BCUT2D eigenvalue weighted by molar-refractivity contribution is 0.302. The molecule has 0 fully saturated rings. The smallest absolute Gasteiger partial charge is 0.225 e. The summed E-state index contributed by atoms with van der Waals surface area (Å²) in [4.78, 5) is 10.7. The number of hydrogen-bond donors (Lipinski definition) is 2. The molecule has 100 valence electrons. The number of hydrogen-bond acceptors (Lipinski definition) is 5. The molecule has 2 N–H and O–H groups in total. The minimum Gasteiger partial charge on any atom is -0.395 e. The molecule has 0 spiro atoms. The predicted octanol–water partition coefficient (Wildman–Crippen LogP) is 0.879. The zero-order valence-electron chi connectivity index (χ0n) is 11.2. The van der Waals surface area contributed by atoms with Crippen molar-refractivity contribution >= 4 is 5.95 Å². The average molecular weight is 250 g/mol. The second kappa shape index (κ2) is 7.79. The van der Waals surface area contributed by atoms with Gasteiger partial charge in [0.05, 0.1) is 6.61 Å². The Morgan fingerprint density at radius 1 is 1.56 bits per heavy atom. The van der Waals surface area contributed by atoms with Crippen molar-refractivity contribution < 1.29 is 5.11 Å². The van der Waals surface area contributed by atoms with Crippen molar-refractivity contribution in [3.8, 4) is 0 Å². The molecule has 0 atom stereocenters. The van der Waals surface area contributed by atoms with Gasteiger partial charge in [-0.25, -0.2) is 9.97 Å². The molecule has 5 nitrogen and oxygen atoms in total. The number of aryl methyl sites for hydroxylation is 1. The third-order valence-corrected chi connectivity index (χ3v) is 2.64. The van der Waals surface area contributed by atoms with E-state index >= 15 is 0 Å². The summed E-state index contributed by atoms with van der Waals surface area (Å²) in [6, 6.07) is 0. The summed E-state index contributed by atoms with van der Waals surface area (Å²) >= 11 is 0. The quantitative estimate of drug-likeness (QED) is 0.671. The second-order valence-corrected chi connectivity index (χ2v) is 4.02. The van der Waals surface area contributed by atoms with Gasteiger partial charge in [0.25, 0.3) is 0 Å². The Morgan fingerprint density at radius 2 is 2.33 bits per heavy atom. The molecule has 0 aromatic carbocycles. The van der Waals surface area contributed by atoms with E-state index in [0.29, 0.717) is 19.0 Å². The summed E-state index contributed by atoms with van der Waals surface area (Å²) in [5.41, 5.74) is 2.07. The van der Waals surface area contributed by atoms with Crippen LogP contribution in [0.2, 0.25) is 0 Å². The summed E-state index contributed by atoms with van der Waals surface area (Å²) < 4.78 is 0. The maximum absolute atomic E-state index is 9.02. The van der Waals surface area contributed by atoms with Crippen molar-refractivity contribution in [3.63, 3.8) is 0 Å². The van der Waals surface area contributed by atoms with E-state index in [1.54, 1.807) is 6.08 Å². The van der Waals surface area contributed by atoms with E-state index in [0.717, 1.165) is 24.3 Å². The maximum atomic E-state index is 9.02. The van der Waals surface area contributed by atoms with E-state index in [4.69, 9.17) is 5.11 Å². The number of nitrogens with one attached hydrogen (secondary N) is 1. The summed E-state index contributed by atoms with van der Waals surface area (Å²) in [7, 11) is 0. The molecule has 0 saturated heterocycles. The fourth-order valence-electron chi connectivity index (χ4n) is 1.61. The number of nitrogens with zero attached hydrogens (tertiary/aromatic N) is 3. The molecule has 0 amide bonds. The van der Waals surface area contributed by atoms with E-state index in [-0.39, 0.29) is 6.61 Å². The van der Waals surface area contributed by atoms with Gasteiger partial charge >= 0.3 is 0 Å². The molecule has 0 unspecified atom stereocenters. The fourth-order valence-corrected chi connectivity index (χ4v) is 1.61. The van der Waals surface area contributed by atoms with Gasteiger partial charge in [0.2, 0.25) is 5.95 Å². The van der Waals surface area contributed by atoms with Crippen molar-refractivity contribution in [2.24, 2.45) is 0 Å². The molecule has 18 heavy (non-hydrogen) atoms. The van der Waals surface area contributed by atoms with Gasteiger partial charge in [0.1, 0.15) is 0 Å². The lowest BCUT2D eigenvalue weighted by atomic mass is 10.2. The number of aliphatic hydroxyl groups is 1. The normalized spacial score (nSPS) is 10.4. The minimum absolute atomic E-state index is 0.0788. The third-order valence-electron chi connectivity index (χ3n) is 2.64. The zero-order chi connectivity index (χ0) is 13.4.